The van der Waals surface area contributed by atoms with Gasteiger partial charge in [0.05, 0.1) is 23.0 Å². The number of nitrogens with zero attached hydrogens (tertiary/aromatic N) is 6. The minimum atomic E-state index is -0.803. The summed E-state index contributed by atoms with van der Waals surface area (Å²) in [6, 6.07) is 3.99. The molecule has 2 N–H and O–H groups in total. The van der Waals surface area contributed by atoms with Gasteiger partial charge in [-0.2, -0.15) is 4.98 Å². The van der Waals surface area contributed by atoms with E-state index in [2.05, 4.69) is 21.5 Å². The Kier molecular flexibility index (Phi) is 7.70. The number of aliphatic imine (C=N–C) groups is 1. The summed E-state index contributed by atoms with van der Waals surface area (Å²) >= 11 is 0. The molecule has 1 amide bonds. The lowest BCUT2D eigenvalue weighted by atomic mass is 9.90. The molecule has 0 saturated carbocycles. The third-order valence-corrected chi connectivity index (χ3v) is 8.18. The van der Waals surface area contributed by atoms with Crippen LogP contribution in [0.4, 0.5) is 20.3 Å². The Hall–Kier alpha value is -4.41. The normalized spacial score (nSPS) is 22.5. The first-order chi connectivity index (χ1) is 19.9. The molecule has 2 aliphatic heterocycles. The summed E-state index contributed by atoms with van der Waals surface area (Å²) in [5, 5.41) is 0.290. The number of allylic oxidation sites excluding steroid dienone is 1. The number of pyridine rings is 1. The third kappa shape index (κ3) is 4.86. The Morgan fingerprint density at radius 3 is 2.55 bits per heavy atom. The number of nitrogen functional groups attached to an aromatic ring is 1. The van der Waals surface area contributed by atoms with Gasteiger partial charge in [0.1, 0.15) is 23.0 Å². The number of benzene rings is 1. The van der Waals surface area contributed by atoms with Crippen molar-refractivity contribution in [1.82, 2.24) is 19.4 Å². The molecule has 0 spiro atoms. The number of rotatable bonds is 5. The number of anilines is 2. The van der Waals surface area contributed by atoms with Crippen molar-refractivity contribution < 1.29 is 13.6 Å². The smallest absolute Gasteiger partial charge is 0.351 e. The molecule has 0 aliphatic carbocycles. The SMILES string of the molecule is C=CC(=O)N1C[C@H](C)N(c2nc(=O)n(C3C(C)=CC=NC3C(C)C)c3nc(-c4c(N)cccc4F)c(F)cc23)C[C@H]1C. The molecular weight excluding hydrogens is 540 g/mol. The molecule has 42 heavy (non-hydrogen) atoms. The van der Waals surface area contributed by atoms with Crippen molar-refractivity contribution >= 4 is 34.7 Å². The highest BCUT2D eigenvalue weighted by molar-refractivity contribution is 5.91. The number of amides is 1. The average Bonchev–Trinajstić information content (AvgIpc) is 2.94. The fourth-order valence-electron chi connectivity index (χ4n) is 6.01. The summed E-state index contributed by atoms with van der Waals surface area (Å²) in [4.78, 5) is 43.9. The highest BCUT2D eigenvalue weighted by atomic mass is 19.1. The summed E-state index contributed by atoms with van der Waals surface area (Å²) < 4.78 is 32.4. The minimum absolute atomic E-state index is 0.0211. The van der Waals surface area contributed by atoms with Gasteiger partial charge in [-0.1, -0.05) is 26.5 Å². The number of aromatic nitrogens is 3. The van der Waals surface area contributed by atoms with E-state index in [0.717, 1.165) is 5.57 Å². The van der Waals surface area contributed by atoms with Gasteiger partial charge in [-0.25, -0.2) is 18.6 Å². The van der Waals surface area contributed by atoms with Gasteiger partial charge in [0, 0.05) is 37.1 Å². The van der Waals surface area contributed by atoms with E-state index in [-0.39, 0.29) is 63.7 Å². The molecule has 0 bridgehead atoms. The predicted molar refractivity (Wildman–Crippen MR) is 162 cm³/mol. The van der Waals surface area contributed by atoms with Gasteiger partial charge < -0.3 is 15.5 Å². The molecule has 1 fully saturated rings. The molecule has 1 aromatic carbocycles. The lowest BCUT2D eigenvalue weighted by molar-refractivity contribution is -0.128. The second-order valence-electron chi connectivity index (χ2n) is 11.4. The zero-order chi connectivity index (χ0) is 30.5. The van der Waals surface area contributed by atoms with Crippen molar-refractivity contribution in [1.29, 1.82) is 0 Å². The molecule has 1 saturated heterocycles. The van der Waals surface area contributed by atoms with E-state index >= 15 is 8.78 Å². The van der Waals surface area contributed by atoms with Crippen LogP contribution in [-0.2, 0) is 4.79 Å². The second-order valence-corrected chi connectivity index (χ2v) is 11.4. The molecule has 3 aromatic rings. The Morgan fingerprint density at radius 1 is 1.14 bits per heavy atom. The van der Waals surface area contributed by atoms with Crippen LogP contribution in [0.3, 0.4) is 0 Å². The summed E-state index contributed by atoms with van der Waals surface area (Å²) in [6.07, 6.45) is 4.82. The van der Waals surface area contributed by atoms with E-state index in [1.54, 1.807) is 11.1 Å². The van der Waals surface area contributed by atoms with Crippen molar-refractivity contribution in [2.24, 2.45) is 10.9 Å². The molecule has 4 atom stereocenters. The van der Waals surface area contributed by atoms with Crippen molar-refractivity contribution in [3.63, 3.8) is 0 Å². The summed E-state index contributed by atoms with van der Waals surface area (Å²) in [7, 11) is 0. The van der Waals surface area contributed by atoms with Crippen LogP contribution in [-0.4, -0.2) is 62.8 Å². The molecule has 220 valence electrons. The summed E-state index contributed by atoms with van der Waals surface area (Å²) in [5.41, 5.74) is 6.05. The van der Waals surface area contributed by atoms with Crippen LogP contribution in [0.25, 0.3) is 22.3 Å². The highest BCUT2D eigenvalue weighted by Gasteiger charge is 2.36. The van der Waals surface area contributed by atoms with E-state index in [4.69, 9.17) is 5.73 Å². The summed E-state index contributed by atoms with van der Waals surface area (Å²) in [6.45, 7) is 14.0. The van der Waals surface area contributed by atoms with E-state index < -0.39 is 23.4 Å². The molecule has 9 nitrogen and oxygen atoms in total. The van der Waals surface area contributed by atoms with Crippen LogP contribution in [0.2, 0.25) is 0 Å². The largest absolute Gasteiger partial charge is 0.398 e. The number of fused-ring (bicyclic) bond motifs is 1. The van der Waals surface area contributed by atoms with Crippen LogP contribution in [0.1, 0.15) is 40.7 Å². The van der Waals surface area contributed by atoms with Crippen LogP contribution in [0.15, 0.2) is 58.4 Å². The Bertz CT molecular complexity index is 1680. The van der Waals surface area contributed by atoms with Crippen LogP contribution >= 0.6 is 0 Å². The number of carbonyl (C=O) groups is 1. The van der Waals surface area contributed by atoms with Crippen molar-refractivity contribution in [3.05, 3.63) is 70.7 Å². The highest BCUT2D eigenvalue weighted by Crippen LogP contribution is 2.37. The van der Waals surface area contributed by atoms with E-state index in [1.165, 1.54) is 34.9 Å². The minimum Gasteiger partial charge on any atom is -0.398 e. The van der Waals surface area contributed by atoms with Gasteiger partial charge in [-0.05, 0) is 62.6 Å². The number of hydrogen-bond acceptors (Lipinski definition) is 7. The maximum Gasteiger partial charge on any atom is 0.351 e. The monoisotopic (exact) mass is 575 g/mol. The van der Waals surface area contributed by atoms with Crippen LogP contribution in [0, 0.1) is 17.6 Å². The Morgan fingerprint density at radius 2 is 1.88 bits per heavy atom. The predicted octanol–water partition coefficient (Wildman–Crippen LogP) is 4.53. The fraction of sp³-hybridized carbons (Fsp3) is 0.387. The molecule has 5 rings (SSSR count). The molecule has 0 radical (unpaired) electrons. The number of dihydropyridines is 1. The van der Waals surface area contributed by atoms with Gasteiger partial charge >= 0.3 is 5.69 Å². The number of halogens is 2. The molecule has 11 heteroatoms. The van der Waals surface area contributed by atoms with E-state index in [1.807, 2.05) is 45.6 Å². The van der Waals surface area contributed by atoms with Gasteiger partial charge in [-0.15, -0.1) is 0 Å². The maximum absolute atomic E-state index is 15.9. The Balaban J connectivity index is 1.80. The quantitative estimate of drug-likeness (QED) is 0.354. The zero-order valence-corrected chi connectivity index (χ0v) is 24.4. The average molecular weight is 576 g/mol. The van der Waals surface area contributed by atoms with Crippen LogP contribution < -0.4 is 16.3 Å². The number of piperazine rings is 1. The van der Waals surface area contributed by atoms with E-state index in [0.29, 0.717) is 13.1 Å². The first-order valence-electron chi connectivity index (χ1n) is 14.0. The van der Waals surface area contributed by atoms with Gasteiger partial charge in [0.2, 0.25) is 5.91 Å². The molecule has 2 aromatic heterocycles. The topological polar surface area (TPSA) is 110 Å². The van der Waals surface area contributed by atoms with Crippen molar-refractivity contribution in [2.45, 2.75) is 58.8 Å². The van der Waals surface area contributed by atoms with E-state index in [9.17, 15) is 9.59 Å². The maximum atomic E-state index is 15.9. The number of hydrogen-bond donors (Lipinski definition) is 1. The zero-order valence-electron chi connectivity index (χ0n) is 24.4. The molecule has 4 heterocycles. The van der Waals surface area contributed by atoms with Gasteiger partial charge in [-0.3, -0.25) is 14.4 Å². The Labute approximate surface area is 243 Å². The van der Waals surface area contributed by atoms with Gasteiger partial charge in [0.25, 0.3) is 0 Å². The molecular formula is C31H35F2N7O2. The second kappa shape index (κ2) is 11.1. The van der Waals surface area contributed by atoms with Crippen molar-refractivity contribution in [3.8, 4) is 11.3 Å². The fourth-order valence-corrected chi connectivity index (χ4v) is 6.01. The van der Waals surface area contributed by atoms with Crippen molar-refractivity contribution in [2.75, 3.05) is 23.7 Å². The standard InChI is InChI=1S/C31H35F2N7O2/c1-7-24(41)38-14-19(6)39(15-18(38)5)29-20-13-22(33)27(25-21(32)9-8-10-23(25)34)36-30(20)40(31(42)37-29)28-17(4)11-12-35-26(28)16(2)3/h7-13,16,18-19,26,28H,1,14-15,34H2,2-6H3/t18-,19+,26?,28?/m1/s1. The number of carbonyl (C=O) groups excluding carboxylic acids is 1. The number of nitrogens with two attached hydrogens (primary N) is 1. The van der Waals surface area contributed by atoms with Crippen LogP contribution in [0.5, 0.6) is 0 Å². The molecule has 2 unspecified atom stereocenters. The first-order valence-corrected chi connectivity index (χ1v) is 14.0. The lowest BCUT2D eigenvalue weighted by Gasteiger charge is -2.44. The summed E-state index contributed by atoms with van der Waals surface area (Å²) in [5.74, 6) is -1.43. The first kappa shape index (κ1) is 29.1. The van der Waals surface area contributed by atoms with Gasteiger partial charge in [0.15, 0.2) is 5.82 Å². The lowest BCUT2D eigenvalue weighted by Crippen LogP contribution is -2.58. The third-order valence-electron chi connectivity index (χ3n) is 8.18. The molecule has 2 aliphatic rings.